The molecule has 2 unspecified atom stereocenters. The zero-order valence-corrected chi connectivity index (χ0v) is 10.3. The highest BCUT2D eigenvalue weighted by atomic mass is 14.8. The van der Waals surface area contributed by atoms with Crippen molar-refractivity contribution in [1.82, 2.24) is 4.98 Å². The molecular weight excluding hydrogens is 196 g/mol. The van der Waals surface area contributed by atoms with Crippen LogP contribution in [0.4, 0.5) is 0 Å². The van der Waals surface area contributed by atoms with Crippen LogP contribution in [0.15, 0.2) is 24.5 Å². The summed E-state index contributed by atoms with van der Waals surface area (Å²) in [5, 5.41) is 0. The topological polar surface area (TPSA) is 38.9 Å². The minimum atomic E-state index is -0.137. The summed E-state index contributed by atoms with van der Waals surface area (Å²) < 4.78 is 0. The van der Waals surface area contributed by atoms with Crippen molar-refractivity contribution >= 4 is 0 Å². The number of aromatic nitrogens is 1. The largest absolute Gasteiger partial charge is 0.321 e. The number of nitrogens with zero attached hydrogens (tertiary/aromatic N) is 1. The Morgan fingerprint density at radius 2 is 2.31 bits per heavy atom. The number of rotatable bonds is 2. The molecule has 1 aliphatic carbocycles. The molecule has 0 bridgehead atoms. The molecule has 2 nitrogen and oxygen atoms in total. The van der Waals surface area contributed by atoms with Crippen LogP contribution in [0.25, 0.3) is 0 Å². The molecule has 1 saturated carbocycles. The maximum Gasteiger partial charge on any atom is 0.0427 e. The monoisotopic (exact) mass is 218 g/mol. The number of nitrogens with two attached hydrogens (primary N) is 1. The fourth-order valence-corrected chi connectivity index (χ4v) is 2.84. The highest BCUT2D eigenvalue weighted by Crippen LogP contribution is 2.40. The summed E-state index contributed by atoms with van der Waals surface area (Å²) in [5.74, 6) is 1.50. The predicted molar refractivity (Wildman–Crippen MR) is 66.9 cm³/mol. The molecule has 1 fully saturated rings. The first-order valence-electron chi connectivity index (χ1n) is 6.31. The maximum absolute atomic E-state index is 6.57. The average Bonchev–Trinajstić information content (AvgIpc) is 2.30. The van der Waals surface area contributed by atoms with Gasteiger partial charge in [0, 0.05) is 17.9 Å². The second kappa shape index (κ2) is 4.54. The Labute approximate surface area is 98.3 Å². The van der Waals surface area contributed by atoms with Gasteiger partial charge in [-0.25, -0.2) is 0 Å². The molecule has 0 amide bonds. The van der Waals surface area contributed by atoms with Crippen LogP contribution in [0, 0.1) is 11.8 Å². The first-order valence-corrected chi connectivity index (χ1v) is 6.31. The van der Waals surface area contributed by atoms with Gasteiger partial charge in [-0.15, -0.1) is 0 Å². The highest BCUT2D eigenvalue weighted by Gasteiger charge is 2.35. The quantitative estimate of drug-likeness (QED) is 0.828. The molecule has 16 heavy (non-hydrogen) atoms. The summed E-state index contributed by atoms with van der Waals surface area (Å²) in [6.07, 6.45) is 8.53. The van der Waals surface area contributed by atoms with Crippen molar-refractivity contribution in [3.05, 3.63) is 30.1 Å². The fraction of sp³-hybridized carbons (Fsp3) is 0.643. The summed E-state index contributed by atoms with van der Waals surface area (Å²) in [5.41, 5.74) is 7.64. The van der Waals surface area contributed by atoms with Crippen LogP contribution in [-0.2, 0) is 5.54 Å². The molecule has 2 N–H and O–H groups in total. The van der Waals surface area contributed by atoms with Crippen molar-refractivity contribution in [2.75, 3.05) is 0 Å². The number of hydrogen-bond donors (Lipinski definition) is 1. The lowest BCUT2D eigenvalue weighted by molar-refractivity contribution is 0.183. The molecule has 2 rings (SSSR count). The summed E-state index contributed by atoms with van der Waals surface area (Å²) in [6, 6.07) is 4.11. The van der Waals surface area contributed by atoms with E-state index < -0.39 is 0 Å². The zero-order chi connectivity index (χ0) is 11.6. The first-order chi connectivity index (χ1) is 7.62. The standard InChI is InChI=1S/C14H22N2/c1-11(2)12-5-3-7-14(15,9-12)13-6-4-8-16-10-13/h4,6,8,10-12H,3,5,7,9,15H2,1-2H3. The van der Waals surface area contributed by atoms with E-state index >= 15 is 0 Å². The van der Waals surface area contributed by atoms with Gasteiger partial charge in [0.15, 0.2) is 0 Å². The SMILES string of the molecule is CC(C)C1CCCC(N)(c2cccnc2)C1. The lowest BCUT2D eigenvalue weighted by Gasteiger charge is -2.39. The van der Waals surface area contributed by atoms with E-state index in [2.05, 4.69) is 24.9 Å². The molecule has 88 valence electrons. The Hall–Kier alpha value is -0.890. The molecule has 0 radical (unpaired) electrons. The normalized spacial score (nSPS) is 30.6. The van der Waals surface area contributed by atoms with Gasteiger partial charge in [-0.1, -0.05) is 32.8 Å². The van der Waals surface area contributed by atoms with Gasteiger partial charge in [0.05, 0.1) is 0 Å². The number of pyridine rings is 1. The molecule has 0 spiro atoms. The smallest absolute Gasteiger partial charge is 0.0427 e. The van der Waals surface area contributed by atoms with Crippen molar-refractivity contribution in [3.8, 4) is 0 Å². The minimum absolute atomic E-state index is 0.137. The van der Waals surface area contributed by atoms with Crippen molar-refractivity contribution in [1.29, 1.82) is 0 Å². The molecule has 1 aromatic heterocycles. The van der Waals surface area contributed by atoms with E-state index in [-0.39, 0.29) is 5.54 Å². The first kappa shape index (κ1) is 11.6. The molecule has 2 heteroatoms. The molecule has 1 heterocycles. The van der Waals surface area contributed by atoms with E-state index in [4.69, 9.17) is 5.73 Å². The zero-order valence-electron chi connectivity index (χ0n) is 10.3. The van der Waals surface area contributed by atoms with E-state index in [0.29, 0.717) is 0 Å². The number of hydrogen-bond acceptors (Lipinski definition) is 2. The van der Waals surface area contributed by atoms with Gasteiger partial charge in [0.1, 0.15) is 0 Å². The third-order valence-corrected chi connectivity index (χ3v) is 4.00. The Kier molecular flexibility index (Phi) is 3.29. The minimum Gasteiger partial charge on any atom is -0.321 e. The third-order valence-electron chi connectivity index (χ3n) is 4.00. The highest BCUT2D eigenvalue weighted by molar-refractivity contribution is 5.21. The molecule has 0 aliphatic heterocycles. The lowest BCUT2D eigenvalue weighted by Crippen LogP contribution is -2.42. The molecule has 1 aliphatic rings. The molecule has 0 aromatic carbocycles. The maximum atomic E-state index is 6.57. The van der Waals surface area contributed by atoms with Crippen LogP contribution in [-0.4, -0.2) is 4.98 Å². The molecule has 0 saturated heterocycles. The van der Waals surface area contributed by atoms with Crippen molar-refractivity contribution < 1.29 is 0 Å². The van der Waals surface area contributed by atoms with E-state index in [1.54, 1.807) is 0 Å². The van der Waals surface area contributed by atoms with Crippen LogP contribution in [0.1, 0.15) is 45.1 Å². The summed E-state index contributed by atoms with van der Waals surface area (Å²) in [6.45, 7) is 4.61. The van der Waals surface area contributed by atoms with Crippen molar-refractivity contribution in [2.24, 2.45) is 17.6 Å². The molecule has 2 atom stereocenters. The van der Waals surface area contributed by atoms with Crippen molar-refractivity contribution in [3.63, 3.8) is 0 Å². The van der Waals surface area contributed by atoms with E-state index in [1.807, 2.05) is 18.5 Å². The van der Waals surface area contributed by atoms with Crippen LogP contribution in [0.2, 0.25) is 0 Å². The van der Waals surface area contributed by atoms with Crippen LogP contribution in [0.3, 0.4) is 0 Å². The summed E-state index contributed by atoms with van der Waals surface area (Å²) in [4.78, 5) is 4.19. The second-order valence-corrected chi connectivity index (χ2v) is 5.50. The van der Waals surface area contributed by atoms with Gasteiger partial charge in [-0.3, -0.25) is 4.98 Å². The van der Waals surface area contributed by atoms with Gasteiger partial charge >= 0.3 is 0 Å². The van der Waals surface area contributed by atoms with Gasteiger partial charge in [-0.2, -0.15) is 0 Å². The Balaban J connectivity index is 2.19. The summed E-state index contributed by atoms with van der Waals surface area (Å²) >= 11 is 0. The fourth-order valence-electron chi connectivity index (χ4n) is 2.84. The van der Waals surface area contributed by atoms with Gasteiger partial charge in [0.2, 0.25) is 0 Å². The van der Waals surface area contributed by atoms with Crippen molar-refractivity contribution in [2.45, 2.75) is 45.1 Å². The Bertz CT molecular complexity index is 334. The van der Waals surface area contributed by atoms with E-state index in [1.165, 1.54) is 18.4 Å². The molecular formula is C14H22N2. The Morgan fingerprint density at radius 3 is 2.94 bits per heavy atom. The van der Waals surface area contributed by atoms with Crippen LogP contribution >= 0.6 is 0 Å². The lowest BCUT2D eigenvalue weighted by atomic mass is 9.70. The third kappa shape index (κ3) is 2.27. The summed E-state index contributed by atoms with van der Waals surface area (Å²) in [7, 11) is 0. The predicted octanol–water partition coefficient (Wildman–Crippen LogP) is 3.08. The second-order valence-electron chi connectivity index (χ2n) is 5.50. The Morgan fingerprint density at radius 1 is 1.50 bits per heavy atom. The van der Waals surface area contributed by atoms with Gasteiger partial charge < -0.3 is 5.73 Å². The van der Waals surface area contributed by atoms with Gasteiger partial charge in [-0.05, 0) is 36.3 Å². The van der Waals surface area contributed by atoms with Crippen LogP contribution in [0.5, 0.6) is 0 Å². The van der Waals surface area contributed by atoms with Crippen LogP contribution < -0.4 is 5.73 Å². The van der Waals surface area contributed by atoms with E-state index in [9.17, 15) is 0 Å². The molecule has 1 aromatic rings. The van der Waals surface area contributed by atoms with Gasteiger partial charge in [0.25, 0.3) is 0 Å². The van der Waals surface area contributed by atoms with E-state index in [0.717, 1.165) is 24.7 Å². The average molecular weight is 218 g/mol.